The maximum Gasteiger partial charge on any atom is 0.129 e. The van der Waals surface area contributed by atoms with Crippen LogP contribution < -0.4 is 10.2 Å². The first-order valence-electron chi connectivity index (χ1n) is 7.34. The molecule has 0 unspecified atom stereocenters. The third-order valence-corrected chi connectivity index (χ3v) is 3.55. The Morgan fingerprint density at radius 3 is 2.67 bits per heavy atom. The highest BCUT2D eigenvalue weighted by Gasteiger charge is 2.11. The van der Waals surface area contributed by atoms with Gasteiger partial charge in [-0.1, -0.05) is 13.8 Å². The molecule has 0 spiro atoms. The zero-order valence-corrected chi connectivity index (χ0v) is 13.6. The van der Waals surface area contributed by atoms with Crippen LogP contribution in [0.1, 0.15) is 36.8 Å². The minimum absolute atomic E-state index is 0.419. The van der Waals surface area contributed by atoms with Gasteiger partial charge in [0.15, 0.2) is 0 Å². The first-order chi connectivity index (χ1) is 10.0. The second-order valence-electron chi connectivity index (χ2n) is 5.75. The number of pyridine rings is 1. The first-order valence-corrected chi connectivity index (χ1v) is 7.34. The third-order valence-electron chi connectivity index (χ3n) is 3.55. The lowest BCUT2D eigenvalue weighted by Crippen LogP contribution is -2.21. The predicted octanol–water partition coefficient (Wildman–Crippen LogP) is 2.29. The summed E-state index contributed by atoms with van der Waals surface area (Å²) in [7, 11) is 6.04. The summed E-state index contributed by atoms with van der Waals surface area (Å²) in [6, 6.07) is 4.32. The quantitative estimate of drug-likeness (QED) is 0.885. The lowest BCUT2D eigenvalue weighted by atomic mass is 10.1. The van der Waals surface area contributed by atoms with Gasteiger partial charge in [0.05, 0.1) is 6.54 Å². The number of nitrogens with zero attached hydrogens (tertiary/aromatic N) is 4. The zero-order valence-electron chi connectivity index (χ0n) is 13.6. The van der Waals surface area contributed by atoms with Crippen molar-refractivity contribution in [3.63, 3.8) is 0 Å². The van der Waals surface area contributed by atoms with Crippen molar-refractivity contribution in [2.24, 2.45) is 7.05 Å². The van der Waals surface area contributed by atoms with Gasteiger partial charge in [-0.2, -0.15) is 0 Å². The average Bonchev–Trinajstić information content (AvgIpc) is 2.84. The number of hydrogen-bond acceptors (Lipinski definition) is 4. The summed E-state index contributed by atoms with van der Waals surface area (Å²) >= 11 is 0. The van der Waals surface area contributed by atoms with Gasteiger partial charge >= 0.3 is 0 Å². The minimum Gasteiger partial charge on any atom is -0.352 e. The van der Waals surface area contributed by atoms with Crippen molar-refractivity contribution in [2.75, 3.05) is 19.0 Å². The number of anilines is 1. The molecule has 0 fully saturated rings. The number of imidazole rings is 1. The summed E-state index contributed by atoms with van der Waals surface area (Å²) in [4.78, 5) is 11.3. The topological polar surface area (TPSA) is 46.0 Å². The second-order valence-corrected chi connectivity index (χ2v) is 5.75. The number of hydrogen-bond donors (Lipinski definition) is 1. The molecule has 114 valence electrons. The van der Waals surface area contributed by atoms with E-state index in [1.54, 1.807) is 0 Å². The molecule has 1 N–H and O–H groups in total. The lowest BCUT2D eigenvalue weighted by molar-refractivity contribution is 0.741. The monoisotopic (exact) mass is 287 g/mol. The largest absolute Gasteiger partial charge is 0.352 e. The minimum atomic E-state index is 0.419. The number of aromatic nitrogens is 3. The molecule has 2 aromatic heterocycles. The Hall–Kier alpha value is -1.88. The molecule has 0 aliphatic heterocycles. The van der Waals surface area contributed by atoms with E-state index in [9.17, 15) is 0 Å². The summed E-state index contributed by atoms with van der Waals surface area (Å²) in [6.45, 7) is 5.95. The summed E-state index contributed by atoms with van der Waals surface area (Å²) in [5, 5.41) is 3.21. The summed E-state index contributed by atoms with van der Waals surface area (Å²) < 4.78 is 2.04. The normalized spacial score (nSPS) is 11.1. The molecule has 2 rings (SSSR count). The van der Waals surface area contributed by atoms with Crippen LogP contribution >= 0.6 is 0 Å². The Labute approximate surface area is 127 Å². The van der Waals surface area contributed by atoms with E-state index in [2.05, 4.69) is 48.2 Å². The number of nitrogens with one attached hydrogen (secondary N) is 1. The van der Waals surface area contributed by atoms with Gasteiger partial charge < -0.3 is 14.8 Å². The van der Waals surface area contributed by atoms with E-state index < -0.39 is 0 Å². The molecule has 0 aromatic carbocycles. The lowest BCUT2D eigenvalue weighted by Gasteiger charge is -2.20. The van der Waals surface area contributed by atoms with Crippen molar-refractivity contribution in [2.45, 2.75) is 32.9 Å². The highest BCUT2D eigenvalue weighted by atomic mass is 15.2. The highest BCUT2D eigenvalue weighted by molar-refractivity contribution is 5.42. The molecule has 21 heavy (non-hydrogen) atoms. The van der Waals surface area contributed by atoms with Gasteiger partial charge in [0, 0.05) is 38.7 Å². The molecule has 0 amide bonds. The SMILES string of the molecule is CNCc1cc(C(C)C)nc(N(C)Cc2nccn2C)c1. The van der Waals surface area contributed by atoms with Gasteiger partial charge in [0.25, 0.3) is 0 Å². The second kappa shape index (κ2) is 6.72. The molecule has 0 radical (unpaired) electrons. The Kier molecular flexibility index (Phi) is 4.96. The number of rotatable bonds is 6. The molecule has 0 saturated heterocycles. The van der Waals surface area contributed by atoms with Crippen molar-refractivity contribution in [1.82, 2.24) is 19.9 Å². The molecule has 0 aliphatic carbocycles. The van der Waals surface area contributed by atoms with Crippen LogP contribution in [-0.2, 0) is 20.1 Å². The predicted molar refractivity (Wildman–Crippen MR) is 86.4 cm³/mol. The van der Waals surface area contributed by atoms with E-state index in [1.165, 1.54) is 5.56 Å². The van der Waals surface area contributed by atoms with Crippen LogP contribution in [0.2, 0.25) is 0 Å². The molecule has 5 heteroatoms. The third kappa shape index (κ3) is 3.82. The molecular formula is C16H25N5. The Balaban J connectivity index is 2.26. The van der Waals surface area contributed by atoms with Crippen LogP contribution in [0.3, 0.4) is 0 Å². The van der Waals surface area contributed by atoms with E-state index in [0.717, 1.165) is 30.4 Å². The van der Waals surface area contributed by atoms with E-state index in [4.69, 9.17) is 4.98 Å². The van der Waals surface area contributed by atoms with E-state index in [1.807, 2.05) is 31.1 Å². The van der Waals surface area contributed by atoms with Crippen LogP contribution in [0, 0.1) is 0 Å². The van der Waals surface area contributed by atoms with Gasteiger partial charge in [-0.25, -0.2) is 9.97 Å². The van der Waals surface area contributed by atoms with Crippen molar-refractivity contribution in [3.8, 4) is 0 Å². The smallest absolute Gasteiger partial charge is 0.129 e. The van der Waals surface area contributed by atoms with Gasteiger partial charge in [0.1, 0.15) is 11.6 Å². The fraction of sp³-hybridized carbons (Fsp3) is 0.500. The molecule has 0 saturated carbocycles. The molecule has 0 atom stereocenters. The van der Waals surface area contributed by atoms with Crippen LogP contribution in [0.15, 0.2) is 24.5 Å². The summed E-state index contributed by atoms with van der Waals surface area (Å²) in [5.74, 6) is 2.45. The standard InChI is InChI=1S/C16H25N5/c1-12(2)14-8-13(10-17-3)9-15(19-14)21(5)11-16-18-6-7-20(16)4/h6-9,12,17H,10-11H2,1-5H3. The van der Waals surface area contributed by atoms with Crippen LogP contribution in [0.5, 0.6) is 0 Å². The van der Waals surface area contributed by atoms with Crippen LogP contribution in [0.4, 0.5) is 5.82 Å². The Bertz CT molecular complexity index is 588. The Morgan fingerprint density at radius 2 is 2.10 bits per heavy atom. The van der Waals surface area contributed by atoms with Gasteiger partial charge in [-0.3, -0.25) is 0 Å². The number of aryl methyl sites for hydroxylation is 1. The van der Waals surface area contributed by atoms with Crippen molar-refractivity contribution < 1.29 is 0 Å². The van der Waals surface area contributed by atoms with Gasteiger partial charge in [-0.05, 0) is 30.7 Å². The van der Waals surface area contributed by atoms with Gasteiger partial charge in [0.2, 0.25) is 0 Å². The maximum atomic E-state index is 4.79. The molecular weight excluding hydrogens is 262 g/mol. The Morgan fingerprint density at radius 1 is 1.33 bits per heavy atom. The fourth-order valence-corrected chi connectivity index (χ4v) is 2.23. The van der Waals surface area contributed by atoms with Crippen molar-refractivity contribution in [1.29, 1.82) is 0 Å². The van der Waals surface area contributed by atoms with Crippen LogP contribution in [0.25, 0.3) is 0 Å². The van der Waals surface area contributed by atoms with E-state index >= 15 is 0 Å². The van der Waals surface area contributed by atoms with E-state index in [-0.39, 0.29) is 0 Å². The zero-order chi connectivity index (χ0) is 15.4. The average molecular weight is 287 g/mol. The molecule has 2 aromatic rings. The summed E-state index contributed by atoms with van der Waals surface area (Å²) in [6.07, 6.45) is 3.79. The molecule has 2 heterocycles. The van der Waals surface area contributed by atoms with Crippen molar-refractivity contribution >= 4 is 5.82 Å². The molecule has 0 aliphatic rings. The highest BCUT2D eigenvalue weighted by Crippen LogP contribution is 2.20. The van der Waals surface area contributed by atoms with Crippen molar-refractivity contribution in [3.05, 3.63) is 41.6 Å². The van der Waals surface area contributed by atoms with E-state index in [0.29, 0.717) is 5.92 Å². The summed E-state index contributed by atoms with van der Waals surface area (Å²) in [5.41, 5.74) is 2.39. The van der Waals surface area contributed by atoms with Gasteiger partial charge in [-0.15, -0.1) is 0 Å². The van der Waals surface area contributed by atoms with Crippen LogP contribution in [-0.4, -0.2) is 28.6 Å². The molecule has 5 nitrogen and oxygen atoms in total. The fourth-order valence-electron chi connectivity index (χ4n) is 2.23. The maximum absolute atomic E-state index is 4.79. The first kappa shape index (κ1) is 15.5. The molecule has 0 bridgehead atoms.